The summed E-state index contributed by atoms with van der Waals surface area (Å²) in [7, 11) is 1.64. The molecule has 0 amide bonds. The number of hydrogen-bond acceptors (Lipinski definition) is 3. The molecule has 0 saturated carbocycles. The Hall–Kier alpha value is -1.66. The van der Waals surface area contributed by atoms with Gasteiger partial charge in [0.25, 0.3) is 0 Å². The van der Waals surface area contributed by atoms with E-state index in [4.69, 9.17) is 17.0 Å². The topological polar surface area (TPSA) is 42.8 Å². The van der Waals surface area contributed by atoms with Crippen molar-refractivity contribution in [1.82, 2.24) is 14.5 Å². The van der Waals surface area contributed by atoms with Crippen LogP contribution in [0.15, 0.2) is 34.9 Å². The molecule has 0 bridgehead atoms. The van der Waals surface area contributed by atoms with Crippen LogP contribution < -0.4 is 4.74 Å². The molecule has 0 aliphatic rings. The van der Waals surface area contributed by atoms with Gasteiger partial charge in [-0.1, -0.05) is 0 Å². The molecule has 1 N–H and O–H groups in total. The van der Waals surface area contributed by atoms with Crippen LogP contribution in [0, 0.1) is 11.7 Å². The molecule has 2 aromatic heterocycles. The largest absolute Gasteiger partial charge is 0.497 e. The number of ether oxygens (including phenoxy) is 1. The molecular formula is C14H12BrN3OS. The summed E-state index contributed by atoms with van der Waals surface area (Å²) in [5.41, 5.74) is 3.71. The van der Waals surface area contributed by atoms with Gasteiger partial charge in [0.05, 0.1) is 18.3 Å². The molecule has 3 aromatic rings. The first-order valence-corrected chi connectivity index (χ1v) is 7.21. The molecule has 20 heavy (non-hydrogen) atoms. The number of halogens is 1. The minimum absolute atomic E-state index is 0.604. The van der Waals surface area contributed by atoms with Crippen molar-refractivity contribution >= 4 is 39.3 Å². The quantitative estimate of drug-likeness (QED) is 0.706. The molecule has 102 valence electrons. The molecule has 0 aliphatic heterocycles. The summed E-state index contributed by atoms with van der Waals surface area (Å²) in [5, 5.41) is 0. The van der Waals surface area contributed by atoms with Crippen LogP contribution in [0.2, 0.25) is 0 Å². The first-order valence-electron chi connectivity index (χ1n) is 6.01. The molecular weight excluding hydrogens is 338 g/mol. The van der Waals surface area contributed by atoms with Gasteiger partial charge >= 0.3 is 0 Å². The average Bonchev–Trinajstić information content (AvgIpc) is 2.74. The average molecular weight is 350 g/mol. The first kappa shape index (κ1) is 13.3. The van der Waals surface area contributed by atoms with E-state index in [0.29, 0.717) is 4.77 Å². The van der Waals surface area contributed by atoms with Crippen LogP contribution in [0.25, 0.3) is 16.9 Å². The number of benzene rings is 1. The third-order valence-electron chi connectivity index (χ3n) is 3.05. The van der Waals surface area contributed by atoms with Gasteiger partial charge in [-0.2, -0.15) is 0 Å². The van der Waals surface area contributed by atoms with Gasteiger partial charge in [0.15, 0.2) is 10.4 Å². The van der Waals surface area contributed by atoms with E-state index >= 15 is 0 Å². The van der Waals surface area contributed by atoms with E-state index in [1.807, 2.05) is 42.0 Å². The third-order valence-corrected chi connectivity index (χ3v) is 4.01. The second-order valence-corrected chi connectivity index (χ2v) is 5.71. The van der Waals surface area contributed by atoms with Crippen LogP contribution in [-0.4, -0.2) is 21.6 Å². The predicted molar refractivity (Wildman–Crippen MR) is 85.2 cm³/mol. The number of methoxy groups -OCH3 is 1. The van der Waals surface area contributed by atoms with Crippen molar-refractivity contribution in [1.29, 1.82) is 0 Å². The summed E-state index contributed by atoms with van der Waals surface area (Å²) in [5.74, 6) is 0.770. The highest BCUT2D eigenvalue weighted by molar-refractivity contribution is 9.10. The number of imidazole rings is 1. The molecule has 3 rings (SSSR count). The molecule has 2 heterocycles. The number of pyridine rings is 1. The van der Waals surface area contributed by atoms with Gasteiger partial charge in [-0.15, -0.1) is 0 Å². The van der Waals surface area contributed by atoms with Crippen molar-refractivity contribution in [3.63, 3.8) is 0 Å². The van der Waals surface area contributed by atoms with Gasteiger partial charge in [-0.25, -0.2) is 4.98 Å². The molecule has 1 aromatic carbocycles. The van der Waals surface area contributed by atoms with Gasteiger partial charge in [-0.05, 0) is 58.8 Å². The van der Waals surface area contributed by atoms with Crippen LogP contribution in [-0.2, 0) is 0 Å². The third kappa shape index (κ3) is 2.14. The summed E-state index contributed by atoms with van der Waals surface area (Å²) < 4.78 is 8.71. The molecule has 0 aliphatic carbocycles. The Morgan fingerprint density at radius 2 is 2.15 bits per heavy atom. The molecule has 6 heteroatoms. The second-order valence-electron chi connectivity index (χ2n) is 4.47. The van der Waals surface area contributed by atoms with Crippen LogP contribution in [0.3, 0.4) is 0 Å². The number of aromatic amines is 1. The number of nitrogens with one attached hydrogen (secondary N) is 1. The zero-order valence-corrected chi connectivity index (χ0v) is 13.4. The zero-order valence-electron chi connectivity index (χ0n) is 11.0. The Morgan fingerprint density at radius 1 is 1.35 bits per heavy atom. The van der Waals surface area contributed by atoms with Crippen molar-refractivity contribution in [2.75, 3.05) is 7.11 Å². The maximum atomic E-state index is 5.42. The lowest BCUT2D eigenvalue weighted by molar-refractivity contribution is 0.414. The van der Waals surface area contributed by atoms with Crippen LogP contribution in [0.1, 0.15) is 5.56 Å². The number of aryl methyl sites for hydroxylation is 1. The summed E-state index contributed by atoms with van der Waals surface area (Å²) in [6, 6.07) is 7.78. The van der Waals surface area contributed by atoms with Crippen molar-refractivity contribution in [2.45, 2.75) is 6.92 Å². The van der Waals surface area contributed by atoms with E-state index in [1.54, 1.807) is 7.11 Å². The van der Waals surface area contributed by atoms with Crippen LogP contribution in [0.5, 0.6) is 5.75 Å². The summed E-state index contributed by atoms with van der Waals surface area (Å²) in [4.78, 5) is 7.66. The first-order chi connectivity index (χ1) is 9.60. The fourth-order valence-electron chi connectivity index (χ4n) is 2.11. The maximum Gasteiger partial charge on any atom is 0.184 e. The zero-order chi connectivity index (χ0) is 14.3. The van der Waals surface area contributed by atoms with Gasteiger partial charge in [0.2, 0.25) is 0 Å². The highest BCUT2D eigenvalue weighted by Crippen LogP contribution is 2.28. The van der Waals surface area contributed by atoms with E-state index in [9.17, 15) is 0 Å². The monoisotopic (exact) mass is 349 g/mol. The Morgan fingerprint density at radius 3 is 2.90 bits per heavy atom. The van der Waals surface area contributed by atoms with E-state index in [1.165, 1.54) is 0 Å². The van der Waals surface area contributed by atoms with Crippen LogP contribution >= 0.6 is 28.1 Å². The fraction of sp³-hybridized carbons (Fsp3) is 0.143. The number of fused-ring (bicyclic) bond motifs is 1. The van der Waals surface area contributed by atoms with Crippen molar-refractivity contribution < 1.29 is 4.74 Å². The molecule has 0 saturated heterocycles. The van der Waals surface area contributed by atoms with Gasteiger partial charge < -0.3 is 9.72 Å². The number of rotatable bonds is 2. The summed E-state index contributed by atoms with van der Waals surface area (Å²) >= 11 is 8.97. The molecule has 0 atom stereocenters. The molecule has 0 unspecified atom stereocenters. The van der Waals surface area contributed by atoms with Gasteiger partial charge in [-0.3, -0.25) is 4.57 Å². The Kier molecular flexibility index (Phi) is 3.35. The SMILES string of the molecule is COc1ccc(Br)c(-n2c(=S)[nH]c3cc(C)cnc32)c1. The van der Waals surface area contributed by atoms with Crippen molar-refractivity contribution in [2.24, 2.45) is 0 Å². The van der Waals surface area contributed by atoms with E-state index in [2.05, 4.69) is 25.9 Å². The maximum absolute atomic E-state index is 5.42. The lowest BCUT2D eigenvalue weighted by atomic mass is 10.3. The molecule has 0 radical (unpaired) electrons. The minimum atomic E-state index is 0.604. The minimum Gasteiger partial charge on any atom is -0.497 e. The van der Waals surface area contributed by atoms with E-state index in [0.717, 1.165) is 32.6 Å². The lowest BCUT2D eigenvalue weighted by Gasteiger charge is -2.09. The summed E-state index contributed by atoms with van der Waals surface area (Å²) in [6.45, 7) is 2.00. The van der Waals surface area contributed by atoms with E-state index in [-0.39, 0.29) is 0 Å². The van der Waals surface area contributed by atoms with Gasteiger partial charge in [0.1, 0.15) is 5.75 Å². The number of H-pyrrole nitrogens is 1. The number of hydrogen-bond donors (Lipinski definition) is 1. The molecule has 4 nitrogen and oxygen atoms in total. The number of nitrogens with zero attached hydrogens (tertiary/aromatic N) is 2. The lowest BCUT2D eigenvalue weighted by Crippen LogP contribution is -1.98. The molecule has 0 fully saturated rings. The number of aromatic nitrogens is 3. The Balaban J connectivity index is 2.34. The summed E-state index contributed by atoms with van der Waals surface area (Å²) in [6.07, 6.45) is 1.83. The van der Waals surface area contributed by atoms with Crippen molar-refractivity contribution in [3.8, 4) is 11.4 Å². The second kappa shape index (κ2) is 5.03. The van der Waals surface area contributed by atoms with Crippen molar-refractivity contribution in [3.05, 3.63) is 45.3 Å². The highest BCUT2D eigenvalue weighted by atomic mass is 79.9. The highest BCUT2D eigenvalue weighted by Gasteiger charge is 2.11. The van der Waals surface area contributed by atoms with E-state index < -0.39 is 0 Å². The predicted octanol–water partition coefficient (Wildman–Crippen LogP) is 4.16. The fourth-order valence-corrected chi connectivity index (χ4v) is 2.83. The Bertz CT molecular complexity index is 853. The van der Waals surface area contributed by atoms with Gasteiger partial charge in [0, 0.05) is 16.7 Å². The smallest absolute Gasteiger partial charge is 0.184 e. The Labute approximate surface area is 129 Å². The standard InChI is InChI=1S/C14H12BrN3OS/c1-8-5-11-13(16-7-8)18(14(20)17-11)12-6-9(19-2)3-4-10(12)15/h3-7H,1-2H3,(H,17,20). The van der Waals surface area contributed by atoms with Crippen LogP contribution in [0.4, 0.5) is 0 Å². The normalized spacial score (nSPS) is 10.9. The molecule has 0 spiro atoms.